The Morgan fingerprint density at radius 1 is 1.52 bits per heavy atom. The van der Waals surface area contributed by atoms with Gasteiger partial charge in [0.1, 0.15) is 5.82 Å². The number of halogens is 1. The summed E-state index contributed by atoms with van der Waals surface area (Å²) in [7, 11) is 0. The van der Waals surface area contributed by atoms with Gasteiger partial charge in [0.25, 0.3) is 0 Å². The Balaban J connectivity index is 1.50. The third kappa shape index (κ3) is 3.66. The van der Waals surface area contributed by atoms with Crippen LogP contribution in [0.25, 0.3) is 0 Å². The molecule has 0 radical (unpaired) electrons. The Morgan fingerprint density at radius 2 is 2.43 bits per heavy atom. The van der Waals surface area contributed by atoms with Gasteiger partial charge in [-0.1, -0.05) is 11.6 Å². The van der Waals surface area contributed by atoms with Crippen LogP contribution in [-0.2, 0) is 4.79 Å². The van der Waals surface area contributed by atoms with Crippen molar-refractivity contribution in [2.75, 3.05) is 24.5 Å². The Bertz CT molecular complexity index is 504. The smallest absolute Gasteiger partial charge is 0.221 e. The van der Waals surface area contributed by atoms with E-state index in [9.17, 15) is 4.79 Å². The lowest BCUT2D eigenvalue weighted by molar-refractivity contribution is -0.122. The van der Waals surface area contributed by atoms with Crippen LogP contribution in [0.1, 0.15) is 25.7 Å². The predicted molar refractivity (Wildman–Crippen MR) is 83.6 cm³/mol. The van der Waals surface area contributed by atoms with Crippen molar-refractivity contribution >= 4 is 23.3 Å². The molecule has 5 nitrogen and oxygen atoms in total. The summed E-state index contributed by atoms with van der Waals surface area (Å²) in [5.41, 5.74) is 0. The minimum Gasteiger partial charge on any atom is -0.353 e. The topological polar surface area (TPSA) is 57.3 Å². The highest BCUT2D eigenvalue weighted by molar-refractivity contribution is 6.32. The second-order valence-electron chi connectivity index (χ2n) is 5.81. The van der Waals surface area contributed by atoms with E-state index in [0.29, 0.717) is 17.5 Å². The number of carbonyl (C=O) groups excluding carboxylic acids is 1. The quantitative estimate of drug-likeness (QED) is 0.886. The Labute approximate surface area is 130 Å². The van der Waals surface area contributed by atoms with Gasteiger partial charge < -0.3 is 15.5 Å². The largest absolute Gasteiger partial charge is 0.353 e. The van der Waals surface area contributed by atoms with Crippen LogP contribution in [0.4, 0.5) is 5.82 Å². The highest BCUT2D eigenvalue weighted by atomic mass is 35.5. The van der Waals surface area contributed by atoms with Gasteiger partial charge in [0.2, 0.25) is 5.91 Å². The van der Waals surface area contributed by atoms with Gasteiger partial charge in [-0.25, -0.2) is 4.98 Å². The van der Waals surface area contributed by atoms with Crippen molar-refractivity contribution in [3.63, 3.8) is 0 Å². The molecular formula is C15H21ClN4O. The molecule has 0 bridgehead atoms. The molecule has 0 aliphatic carbocycles. The van der Waals surface area contributed by atoms with Crippen molar-refractivity contribution in [1.29, 1.82) is 0 Å². The molecule has 2 aliphatic rings. The molecule has 21 heavy (non-hydrogen) atoms. The normalized spacial score (nSPS) is 25.3. The van der Waals surface area contributed by atoms with Gasteiger partial charge in [-0.2, -0.15) is 0 Å². The highest BCUT2D eigenvalue weighted by Gasteiger charge is 2.27. The number of hydrogen-bond donors (Lipinski definition) is 2. The fourth-order valence-corrected chi connectivity index (χ4v) is 3.36. The summed E-state index contributed by atoms with van der Waals surface area (Å²) in [6.45, 7) is 2.69. The number of aromatic nitrogens is 1. The first-order valence-electron chi connectivity index (χ1n) is 7.60. The number of pyridine rings is 1. The van der Waals surface area contributed by atoms with Gasteiger partial charge in [0.05, 0.1) is 5.02 Å². The molecule has 0 saturated carbocycles. The summed E-state index contributed by atoms with van der Waals surface area (Å²) in [5.74, 6) is 0.960. The molecule has 2 N–H and O–H groups in total. The van der Waals surface area contributed by atoms with Crippen molar-refractivity contribution in [2.45, 2.75) is 37.8 Å². The molecular weight excluding hydrogens is 288 g/mol. The molecule has 2 atom stereocenters. The summed E-state index contributed by atoms with van der Waals surface area (Å²) >= 11 is 6.17. The van der Waals surface area contributed by atoms with Crippen LogP contribution in [0.2, 0.25) is 5.02 Å². The maximum atomic E-state index is 12.1. The number of carbonyl (C=O) groups is 1. The van der Waals surface area contributed by atoms with Gasteiger partial charge in [-0.3, -0.25) is 4.79 Å². The van der Waals surface area contributed by atoms with E-state index in [1.807, 2.05) is 12.1 Å². The maximum Gasteiger partial charge on any atom is 0.221 e. The van der Waals surface area contributed by atoms with Crippen LogP contribution >= 0.6 is 11.6 Å². The van der Waals surface area contributed by atoms with E-state index in [1.54, 1.807) is 6.20 Å². The number of rotatable bonds is 4. The molecule has 2 saturated heterocycles. The zero-order valence-corrected chi connectivity index (χ0v) is 12.8. The molecule has 2 fully saturated rings. The molecule has 3 heterocycles. The first-order valence-corrected chi connectivity index (χ1v) is 7.98. The zero-order chi connectivity index (χ0) is 14.7. The molecule has 1 aromatic heterocycles. The fraction of sp³-hybridized carbons (Fsp3) is 0.600. The molecule has 114 valence electrons. The Kier molecular flexibility index (Phi) is 4.60. The predicted octanol–water partition coefficient (Wildman–Crippen LogP) is 1.57. The highest BCUT2D eigenvalue weighted by Crippen LogP contribution is 2.25. The van der Waals surface area contributed by atoms with E-state index < -0.39 is 0 Å². The Hall–Kier alpha value is -1.33. The fourth-order valence-electron chi connectivity index (χ4n) is 3.12. The third-order valence-corrected chi connectivity index (χ3v) is 4.48. The van der Waals surface area contributed by atoms with Gasteiger partial charge in [0, 0.05) is 37.8 Å². The van der Waals surface area contributed by atoms with Gasteiger partial charge in [-0.15, -0.1) is 0 Å². The zero-order valence-electron chi connectivity index (χ0n) is 12.0. The van der Waals surface area contributed by atoms with Gasteiger partial charge in [-0.05, 0) is 37.9 Å². The van der Waals surface area contributed by atoms with Gasteiger partial charge >= 0.3 is 0 Å². The molecule has 0 aromatic carbocycles. The third-order valence-electron chi connectivity index (χ3n) is 4.19. The molecule has 1 aromatic rings. The number of anilines is 1. The molecule has 3 rings (SSSR count). The van der Waals surface area contributed by atoms with Crippen LogP contribution in [-0.4, -0.2) is 42.6 Å². The summed E-state index contributed by atoms with van der Waals surface area (Å²) in [6, 6.07) is 4.22. The second-order valence-corrected chi connectivity index (χ2v) is 6.21. The van der Waals surface area contributed by atoms with E-state index in [1.165, 1.54) is 6.42 Å². The molecule has 2 aliphatic heterocycles. The first-order chi connectivity index (χ1) is 10.2. The maximum absolute atomic E-state index is 12.1. The summed E-state index contributed by atoms with van der Waals surface area (Å²) in [6.07, 6.45) is 5.55. The average molecular weight is 309 g/mol. The standard InChI is InChI=1S/C15H21ClN4O/c16-13-4-2-7-18-15(13)20-8-5-12(10-20)19-14(21)9-11-3-1-6-17-11/h2,4,7,11-12,17H,1,3,5-6,8-10H2,(H,19,21). The van der Waals surface area contributed by atoms with Gasteiger partial charge in [0.15, 0.2) is 0 Å². The van der Waals surface area contributed by atoms with Crippen LogP contribution in [0.5, 0.6) is 0 Å². The molecule has 2 unspecified atom stereocenters. The van der Waals surface area contributed by atoms with Crippen LogP contribution in [0.3, 0.4) is 0 Å². The Morgan fingerprint density at radius 3 is 3.19 bits per heavy atom. The lowest BCUT2D eigenvalue weighted by Gasteiger charge is -2.19. The van der Waals surface area contributed by atoms with E-state index in [2.05, 4.69) is 20.5 Å². The molecule has 0 spiro atoms. The van der Waals surface area contributed by atoms with Crippen LogP contribution in [0, 0.1) is 0 Å². The van der Waals surface area contributed by atoms with Crippen molar-refractivity contribution in [3.8, 4) is 0 Å². The number of hydrogen-bond acceptors (Lipinski definition) is 4. The van der Waals surface area contributed by atoms with Crippen LogP contribution < -0.4 is 15.5 Å². The molecule has 1 amide bonds. The minimum absolute atomic E-state index is 0.147. The number of amides is 1. The minimum atomic E-state index is 0.147. The lowest BCUT2D eigenvalue weighted by atomic mass is 10.1. The van der Waals surface area contributed by atoms with Crippen molar-refractivity contribution < 1.29 is 4.79 Å². The molecule has 6 heteroatoms. The monoisotopic (exact) mass is 308 g/mol. The summed E-state index contributed by atoms with van der Waals surface area (Å²) in [4.78, 5) is 18.5. The van der Waals surface area contributed by atoms with Crippen molar-refractivity contribution in [1.82, 2.24) is 15.6 Å². The SMILES string of the molecule is O=C(CC1CCCN1)NC1CCN(c2ncccc2Cl)C1. The van der Waals surface area contributed by atoms with E-state index in [-0.39, 0.29) is 11.9 Å². The van der Waals surface area contributed by atoms with E-state index in [4.69, 9.17) is 11.6 Å². The summed E-state index contributed by atoms with van der Waals surface area (Å²) in [5, 5.41) is 7.16. The van der Waals surface area contributed by atoms with E-state index in [0.717, 1.165) is 38.3 Å². The van der Waals surface area contributed by atoms with Crippen molar-refractivity contribution in [3.05, 3.63) is 23.4 Å². The average Bonchev–Trinajstić information content (AvgIpc) is 3.11. The van der Waals surface area contributed by atoms with Crippen molar-refractivity contribution in [2.24, 2.45) is 0 Å². The summed E-state index contributed by atoms with van der Waals surface area (Å²) < 4.78 is 0. The van der Waals surface area contributed by atoms with Crippen LogP contribution in [0.15, 0.2) is 18.3 Å². The lowest BCUT2D eigenvalue weighted by Crippen LogP contribution is -2.40. The number of nitrogens with one attached hydrogen (secondary N) is 2. The second kappa shape index (κ2) is 6.62. The number of nitrogens with zero attached hydrogens (tertiary/aromatic N) is 2. The first kappa shape index (κ1) is 14.6. The van der Waals surface area contributed by atoms with E-state index >= 15 is 0 Å².